The van der Waals surface area contributed by atoms with Gasteiger partial charge in [0.2, 0.25) is 0 Å². The second-order valence-corrected chi connectivity index (χ2v) is 4.68. The molecule has 0 unspecified atom stereocenters. The Hall–Kier alpha value is -1.91. The minimum atomic E-state index is -0.116. The number of nitrogens with zero attached hydrogens (tertiary/aromatic N) is 1. The zero-order valence-corrected chi connectivity index (χ0v) is 13.0. The summed E-state index contributed by atoms with van der Waals surface area (Å²) in [5.41, 5.74) is 2.80. The van der Waals surface area contributed by atoms with E-state index in [1.54, 1.807) is 6.20 Å². The van der Waals surface area contributed by atoms with Crippen molar-refractivity contribution >= 4 is 24.1 Å². The molecule has 2 N–H and O–H groups in total. The summed E-state index contributed by atoms with van der Waals surface area (Å²) in [5, 5.41) is 5.94. The van der Waals surface area contributed by atoms with Crippen molar-refractivity contribution in [2.24, 2.45) is 0 Å². The molecule has 0 bridgehead atoms. The molecule has 1 amide bonds. The molecule has 112 valence electrons. The number of benzene rings is 1. The summed E-state index contributed by atoms with van der Waals surface area (Å²) in [6.45, 7) is 2.81. The molecular weight excluding hydrogens is 286 g/mol. The van der Waals surface area contributed by atoms with E-state index in [0.29, 0.717) is 11.4 Å². The highest BCUT2D eigenvalue weighted by atomic mass is 35.5. The van der Waals surface area contributed by atoms with Crippen LogP contribution in [0.5, 0.6) is 0 Å². The zero-order valence-electron chi connectivity index (χ0n) is 12.2. The number of amides is 1. The van der Waals surface area contributed by atoms with Gasteiger partial charge in [0.05, 0.1) is 0 Å². The standard InChI is InChI=1S/C16H19N3O.ClH/c1-12-7-10-18-15(11-12)19-16(20)14-6-4-3-5-13(14)8-9-17-2;/h3-7,10-11,17H,8-9H2,1-2H3,(H,18,19,20);1H. The van der Waals surface area contributed by atoms with Crippen molar-refractivity contribution in [3.8, 4) is 0 Å². The van der Waals surface area contributed by atoms with Crippen molar-refractivity contribution in [3.05, 3.63) is 59.3 Å². The maximum Gasteiger partial charge on any atom is 0.257 e. The van der Waals surface area contributed by atoms with Crippen molar-refractivity contribution < 1.29 is 4.79 Å². The fourth-order valence-corrected chi connectivity index (χ4v) is 2.01. The van der Waals surface area contributed by atoms with Gasteiger partial charge in [0.1, 0.15) is 5.82 Å². The van der Waals surface area contributed by atoms with Gasteiger partial charge in [-0.2, -0.15) is 0 Å². The van der Waals surface area contributed by atoms with Gasteiger partial charge in [-0.05, 0) is 56.3 Å². The average molecular weight is 306 g/mol. The fourth-order valence-electron chi connectivity index (χ4n) is 2.01. The highest BCUT2D eigenvalue weighted by molar-refractivity contribution is 6.04. The van der Waals surface area contributed by atoms with E-state index in [0.717, 1.165) is 24.1 Å². The highest BCUT2D eigenvalue weighted by Gasteiger charge is 2.11. The number of pyridine rings is 1. The molecular formula is C16H20ClN3O. The van der Waals surface area contributed by atoms with E-state index in [-0.39, 0.29) is 18.3 Å². The van der Waals surface area contributed by atoms with Gasteiger partial charge in [-0.25, -0.2) is 4.98 Å². The van der Waals surface area contributed by atoms with Gasteiger partial charge >= 0.3 is 0 Å². The van der Waals surface area contributed by atoms with Crippen molar-refractivity contribution in [3.63, 3.8) is 0 Å². The van der Waals surface area contributed by atoms with E-state index >= 15 is 0 Å². The Morgan fingerprint density at radius 2 is 2.00 bits per heavy atom. The molecule has 21 heavy (non-hydrogen) atoms. The fraction of sp³-hybridized carbons (Fsp3) is 0.250. The van der Waals surface area contributed by atoms with Crippen LogP contribution in [0.4, 0.5) is 5.82 Å². The molecule has 0 spiro atoms. The Bertz CT molecular complexity index is 602. The summed E-state index contributed by atoms with van der Waals surface area (Å²) in [6, 6.07) is 11.4. The number of rotatable bonds is 5. The largest absolute Gasteiger partial charge is 0.319 e. The maximum atomic E-state index is 12.3. The first-order chi connectivity index (χ1) is 9.70. The summed E-state index contributed by atoms with van der Waals surface area (Å²) in [5.74, 6) is 0.466. The molecule has 4 nitrogen and oxygen atoms in total. The predicted octanol–water partition coefficient (Wildman–Crippen LogP) is 2.83. The van der Waals surface area contributed by atoms with Crippen LogP contribution in [0.2, 0.25) is 0 Å². The molecule has 0 saturated heterocycles. The normalized spacial score (nSPS) is 9.81. The molecule has 2 aromatic rings. The first-order valence-corrected chi connectivity index (χ1v) is 6.67. The third kappa shape index (κ3) is 4.85. The highest BCUT2D eigenvalue weighted by Crippen LogP contribution is 2.13. The first-order valence-electron chi connectivity index (χ1n) is 6.67. The Labute approximate surface area is 131 Å². The van der Waals surface area contributed by atoms with Gasteiger partial charge in [0.15, 0.2) is 0 Å². The SMILES string of the molecule is CNCCc1ccccc1C(=O)Nc1cc(C)ccn1.Cl. The van der Waals surface area contributed by atoms with E-state index in [2.05, 4.69) is 15.6 Å². The van der Waals surface area contributed by atoms with E-state index < -0.39 is 0 Å². The Kier molecular flexibility index (Phi) is 6.85. The van der Waals surface area contributed by atoms with Gasteiger partial charge in [-0.1, -0.05) is 18.2 Å². The number of nitrogens with one attached hydrogen (secondary N) is 2. The smallest absolute Gasteiger partial charge is 0.257 e. The van der Waals surface area contributed by atoms with E-state index in [4.69, 9.17) is 0 Å². The van der Waals surface area contributed by atoms with Crippen LogP contribution in [-0.4, -0.2) is 24.5 Å². The number of carbonyl (C=O) groups excluding carboxylic acids is 1. The monoisotopic (exact) mass is 305 g/mol. The number of anilines is 1. The number of hydrogen-bond acceptors (Lipinski definition) is 3. The van der Waals surface area contributed by atoms with Crippen LogP contribution in [0.15, 0.2) is 42.6 Å². The molecule has 0 aliphatic carbocycles. The number of hydrogen-bond donors (Lipinski definition) is 2. The average Bonchev–Trinajstić information content (AvgIpc) is 2.45. The van der Waals surface area contributed by atoms with Crippen LogP contribution in [-0.2, 0) is 6.42 Å². The quantitative estimate of drug-likeness (QED) is 0.893. The van der Waals surface area contributed by atoms with Crippen LogP contribution in [0.3, 0.4) is 0 Å². The first kappa shape index (κ1) is 17.1. The number of likely N-dealkylation sites (N-methyl/N-ethyl adjacent to an activating group) is 1. The zero-order chi connectivity index (χ0) is 14.4. The maximum absolute atomic E-state index is 12.3. The Morgan fingerprint density at radius 3 is 2.71 bits per heavy atom. The van der Waals surface area contributed by atoms with Crippen LogP contribution >= 0.6 is 12.4 Å². The van der Waals surface area contributed by atoms with Gasteiger partial charge in [0, 0.05) is 11.8 Å². The molecule has 2 rings (SSSR count). The van der Waals surface area contributed by atoms with E-state index in [1.807, 2.05) is 50.4 Å². The van der Waals surface area contributed by atoms with Crippen molar-refractivity contribution in [2.45, 2.75) is 13.3 Å². The number of aryl methyl sites for hydroxylation is 1. The minimum Gasteiger partial charge on any atom is -0.319 e. The number of carbonyl (C=O) groups is 1. The van der Waals surface area contributed by atoms with Crippen LogP contribution < -0.4 is 10.6 Å². The third-order valence-electron chi connectivity index (χ3n) is 3.06. The Morgan fingerprint density at radius 1 is 1.24 bits per heavy atom. The van der Waals surface area contributed by atoms with Crippen molar-refractivity contribution in [1.29, 1.82) is 0 Å². The van der Waals surface area contributed by atoms with Crippen molar-refractivity contribution in [1.82, 2.24) is 10.3 Å². The summed E-state index contributed by atoms with van der Waals surface area (Å²) in [4.78, 5) is 16.5. The van der Waals surface area contributed by atoms with Crippen molar-refractivity contribution in [2.75, 3.05) is 18.9 Å². The molecule has 0 aliphatic heterocycles. The molecule has 1 aromatic heterocycles. The lowest BCUT2D eigenvalue weighted by Crippen LogP contribution is -2.17. The van der Waals surface area contributed by atoms with Crippen LogP contribution in [0.25, 0.3) is 0 Å². The molecule has 5 heteroatoms. The summed E-state index contributed by atoms with van der Waals surface area (Å²) < 4.78 is 0. The van der Waals surface area contributed by atoms with Gasteiger partial charge < -0.3 is 10.6 Å². The topological polar surface area (TPSA) is 54.0 Å². The molecule has 0 atom stereocenters. The third-order valence-corrected chi connectivity index (χ3v) is 3.06. The number of halogens is 1. The van der Waals surface area contributed by atoms with E-state index in [1.165, 1.54) is 0 Å². The predicted molar refractivity (Wildman–Crippen MR) is 88.2 cm³/mol. The lowest BCUT2D eigenvalue weighted by molar-refractivity contribution is 0.102. The second kappa shape index (κ2) is 8.39. The Balaban J connectivity index is 0.00000220. The van der Waals surface area contributed by atoms with Gasteiger partial charge in [-0.3, -0.25) is 4.79 Å². The lowest BCUT2D eigenvalue weighted by atomic mass is 10.0. The molecule has 1 aromatic carbocycles. The lowest BCUT2D eigenvalue weighted by Gasteiger charge is -2.10. The molecule has 0 radical (unpaired) electrons. The second-order valence-electron chi connectivity index (χ2n) is 4.68. The molecule has 1 heterocycles. The molecule has 0 aliphatic rings. The summed E-state index contributed by atoms with van der Waals surface area (Å²) in [6.07, 6.45) is 2.51. The van der Waals surface area contributed by atoms with E-state index in [9.17, 15) is 4.79 Å². The van der Waals surface area contributed by atoms with Crippen LogP contribution in [0, 0.1) is 6.92 Å². The molecule has 0 fully saturated rings. The molecule has 0 saturated carbocycles. The van der Waals surface area contributed by atoms with Crippen LogP contribution in [0.1, 0.15) is 21.5 Å². The summed E-state index contributed by atoms with van der Waals surface area (Å²) >= 11 is 0. The van der Waals surface area contributed by atoms with Gasteiger partial charge in [-0.15, -0.1) is 12.4 Å². The number of aromatic nitrogens is 1. The summed E-state index contributed by atoms with van der Waals surface area (Å²) in [7, 11) is 1.90. The minimum absolute atomic E-state index is 0. The van der Waals surface area contributed by atoms with Gasteiger partial charge in [0.25, 0.3) is 5.91 Å².